The molecule has 0 aliphatic rings. The lowest BCUT2D eigenvalue weighted by Crippen LogP contribution is -2.15. The van der Waals surface area contributed by atoms with Gasteiger partial charge < -0.3 is 5.32 Å². The van der Waals surface area contributed by atoms with Gasteiger partial charge in [0.15, 0.2) is 0 Å². The summed E-state index contributed by atoms with van der Waals surface area (Å²) in [5.41, 5.74) is 2.97. The molecule has 0 saturated carbocycles. The third-order valence-corrected chi connectivity index (χ3v) is 4.65. The van der Waals surface area contributed by atoms with Gasteiger partial charge in [-0.1, -0.05) is 48.0 Å². The molecule has 0 heterocycles. The molecule has 21 heavy (non-hydrogen) atoms. The van der Waals surface area contributed by atoms with Crippen molar-refractivity contribution in [3.8, 4) is 0 Å². The molecule has 0 aliphatic heterocycles. The lowest BCUT2D eigenvalue weighted by atomic mass is 10.2. The van der Waals surface area contributed by atoms with E-state index in [0.717, 1.165) is 5.56 Å². The molecule has 2 nitrogen and oxygen atoms in total. The number of carbonyl (C=O) groups is 1. The fraction of sp³-hybridized carbons (Fsp3) is 0.235. The standard InChI is InChI=1S/C17H18ClNOS/c1-12-8-9-16(15(18)10-12)19-17(20)11-21-13(2)14-6-4-3-5-7-14/h3-10,13H,11H2,1-2H3,(H,19,20)/t13-/m1/s1. The summed E-state index contributed by atoms with van der Waals surface area (Å²) in [6.45, 7) is 4.07. The van der Waals surface area contributed by atoms with Gasteiger partial charge in [-0.25, -0.2) is 0 Å². The summed E-state index contributed by atoms with van der Waals surface area (Å²) in [6, 6.07) is 15.8. The van der Waals surface area contributed by atoms with Gasteiger partial charge in [0, 0.05) is 5.25 Å². The summed E-state index contributed by atoms with van der Waals surface area (Å²) in [7, 11) is 0. The van der Waals surface area contributed by atoms with Crippen LogP contribution in [0.25, 0.3) is 0 Å². The third-order valence-electron chi connectivity index (χ3n) is 3.13. The lowest BCUT2D eigenvalue weighted by Gasteiger charge is -2.12. The fourth-order valence-corrected chi connectivity index (χ4v) is 3.03. The minimum atomic E-state index is -0.0338. The maximum Gasteiger partial charge on any atom is 0.234 e. The molecule has 1 N–H and O–H groups in total. The largest absolute Gasteiger partial charge is 0.324 e. The average molecular weight is 320 g/mol. The SMILES string of the molecule is Cc1ccc(NC(=O)CS[C@H](C)c2ccccc2)c(Cl)c1. The molecular formula is C17H18ClNOS. The van der Waals surface area contributed by atoms with Crippen LogP contribution < -0.4 is 5.32 Å². The Morgan fingerprint density at radius 2 is 1.95 bits per heavy atom. The molecule has 0 saturated heterocycles. The molecule has 0 fully saturated rings. The van der Waals surface area contributed by atoms with Crippen molar-refractivity contribution in [3.05, 3.63) is 64.7 Å². The van der Waals surface area contributed by atoms with E-state index in [4.69, 9.17) is 11.6 Å². The van der Waals surface area contributed by atoms with Gasteiger partial charge in [0.2, 0.25) is 5.91 Å². The molecular weight excluding hydrogens is 302 g/mol. The zero-order chi connectivity index (χ0) is 15.2. The Morgan fingerprint density at radius 1 is 1.24 bits per heavy atom. The van der Waals surface area contributed by atoms with Gasteiger partial charge in [-0.15, -0.1) is 11.8 Å². The molecule has 1 amide bonds. The topological polar surface area (TPSA) is 29.1 Å². The predicted molar refractivity (Wildman–Crippen MR) is 92.1 cm³/mol. The van der Waals surface area contributed by atoms with Gasteiger partial charge in [-0.2, -0.15) is 0 Å². The van der Waals surface area contributed by atoms with Crippen LogP contribution in [0, 0.1) is 6.92 Å². The molecule has 2 aromatic rings. The van der Waals surface area contributed by atoms with Crippen LogP contribution in [0.15, 0.2) is 48.5 Å². The number of aryl methyl sites for hydroxylation is 1. The second-order valence-electron chi connectivity index (χ2n) is 4.90. The Kier molecular flexibility index (Phi) is 5.71. The highest BCUT2D eigenvalue weighted by atomic mass is 35.5. The van der Waals surface area contributed by atoms with Crippen LogP contribution in [-0.4, -0.2) is 11.7 Å². The van der Waals surface area contributed by atoms with Crippen LogP contribution in [0.2, 0.25) is 5.02 Å². The summed E-state index contributed by atoms with van der Waals surface area (Å²) >= 11 is 7.72. The van der Waals surface area contributed by atoms with E-state index >= 15 is 0 Å². The van der Waals surface area contributed by atoms with Crippen LogP contribution in [0.3, 0.4) is 0 Å². The Hall–Kier alpha value is -1.45. The molecule has 4 heteroatoms. The van der Waals surface area contributed by atoms with Crippen molar-refractivity contribution in [3.63, 3.8) is 0 Å². The van der Waals surface area contributed by atoms with Crippen molar-refractivity contribution in [1.29, 1.82) is 0 Å². The van der Waals surface area contributed by atoms with Crippen molar-refractivity contribution in [2.75, 3.05) is 11.1 Å². The number of hydrogen-bond acceptors (Lipinski definition) is 2. The van der Waals surface area contributed by atoms with Gasteiger partial charge in [0.05, 0.1) is 16.5 Å². The predicted octanol–water partition coefficient (Wildman–Crippen LogP) is 5.08. The van der Waals surface area contributed by atoms with E-state index < -0.39 is 0 Å². The van der Waals surface area contributed by atoms with Crippen molar-refractivity contribution < 1.29 is 4.79 Å². The zero-order valence-electron chi connectivity index (χ0n) is 12.1. The van der Waals surface area contributed by atoms with Crippen molar-refractivity contribution >= 4 is 35.0 Å². The highest BCUT2D eigenvalue weighted by Crippen LogP contribution is 2.28. The molecule has 0 aromatic heterocycles. The van der Waals surface area contributed by atoms with Crippen LogP contribution in [0.1, 0.15) is 23.3 Å². The highest BCUT2D eigenvalue weighted by molar-refractivity contribution is 8.00. The Morgan fingerprint density at radius 3 is 2.62 bits per heavy atom. The summed E-state index contributed by atoms with van der Waals surface area (Å²) in [5, 5.41) is 3.71. The monoisotopic (exact) mass is 319 g/mol. The van der Waals surface area contributed by atoms with E-state index in [2.05, 4.69) is 24.4 Å². The van der Waals surface area contributed by atoms with Crippen LogP contribution in [0.4, 0.5) is 5.69 Å². The molecule has 0 unspecified atom stereocenters. The molecule has 110 valence electrons. The first-order chi connectivity index (χ1) is 10.1. The van der Waals surface area contributed by atoms with E-state index in [1.807, 2.05) is 43.3 Å². The fourth-order valence-electron chi connectivity index (χ4n) is 1.93. The molecule has 0 spiro atoms. The smallest absolute Gasteiger partial charge is 0.234 e. The second-order valence-corrected chi connectivity index (χ2v) is 6.63. The number of halogens is 1. The molecule has 0 bridgehead atoms. The first-order valence-electron chi connectivity index (χ1n) is 6.79. The Bertz CT molecular complexity index is 615. The van der Waals surface area contributed by atoms with Crippen molar-refractivity contribution in [2.45, 2.75) is 19.1 Å². The first-order valence-corrected chi connectivity index (χ1v) is 8.21. The van der Waals surface area contributed by atoms with Crippen LogP contribution in [0.5, 0.6) is 0 Å². The molecule has 1 atom stereocenters. The number of nitrogens with one attached hydrogen (secondary N) is 1. The van der Waals surface area contributed by atoms with E-state index in [0.29, 0.717) is 16.5 Å². The summed E-state index contributed by atoms with van der Waals surface area (Å²) in [6.07, 6.45) is 0. The van der Waals surface area contributed by atoms with Gasteiger partial charge in [0.1, 0.15) is 0 Å². The summed E-state index contributed by atoms with van der Waals surface area (Å²) < 4.78 is 0. The normalized spacial score (nSPS) is 12.0. The Labute approximate surface area is 134 Å². The number of thioether (sulfide) groups is 1. The van der Waals surface area contributed by atoms with E-state index in [-0.39, 0.29) is 11.2 Å². The van der Waals surface area contributed by atoms with Gasteiger partial charge in [-0.3, -0.25) is 4.79 Å². The van der Waals surface area contributed by atoms with Crippen molar-refractivity contribution in [2.24, 2.45) is 0 Å². The Balaban J connectivity index is 1.87. The molecule has 0 radical (unpaired) electrons. The second kappa shape index (κ2) is 7.53. The minimum Gasteiger partial charge on any atom is -0.324 e. The minimum absolute atomic E-state index is 0.0338. The van der Waals surface area contributed by atoms with E-state index in [1.54, 1.807) is 11.8 Å². The quantitative estimate of drug-likeness (QED) is 0.832. The molecule has 0 aliphatic carbocycles. The van der Waals surface area contributed by atoms with Gasteiger partial charge >= 0.3 is 0 Å². The van der Waals surface area contributed by atoms with Gasteiger partial charge in [0.25, 0.3) is 0 Å². The summed E-state index contributed by atoms with van der Waals surface area (Å²) in [4.78, 5) is 12.0. The van der Waals surface area contributed by atoms with E-state index in [1.165, 1.54) is 5.56 Å². The lowest BCUT2D eigenvalue weighted by molar-refractivity contribution is -0.113. The summed E-state index contributed by atoms with van der Waals surface area (Å²) in [5.74, 6) is 0.369. The highest BCUT2D eigenvalue weighted by Gasteiger charge is 2.10. The average Bonchev–Trinajstić information content (AvgIpc) is 2.48. The van der Waals surface area contributed by atoms with Gasteiger partial charge in [-0.05, 0) is 37.1 Å². The van der Waals surface area contributed by atoms with Crippen LogP contribution >= 0.6 is 23.4 Å². The van der Waals surface area contributed by atoms with E-state index in [9.17, 15) is 4.79 Å². The number of amides is 1. The molecule has 2 rings (SSSR count). The first kappa shape index (κ1) is 15.9. The van der Waals surface area contributed by atoms with Crippen LogP contribution in [-0.2, 0) is 4.79 Å². The maximum atomic E-state index is 12.0. The number of benzene rings is 2. The number of anilines is 1. The van der Waals surface area contributed by atoms with Crippen molar-refractivity contribution in [1.82, 2.24) is 0 Å². The maximum absolute atomic E-state index is 12.0. The third kappa shape index (κ3) is 4.80. The number of hydrogen-bond donors (Lipinski definition) is 1. The number of rotatable bonds is 5. The zero-order valence-corrected chi connectivity index (χ0v) is 13.7. The molecule has 2 aromatic carbocycles. The number of carbonyl (C=O) groups excluding carboxylic acids is 1.